The minimum Gasteiger partial charge on any atom is -0.497 e. The molecule has 1 atom stereocenters. The van der Waals surface area contributed by atoms with Gasteiger partial charge in [-0.3, -0.25) is 9.59 Å². The largest absolute Gasteiger partial charge is 0.497 e. The van der Waals surface area contributed by atoms with E-state index < -0.39 is 0 Å². The SMILES string of the molecule is COc1ccc(C(=O)C2CCN(C(=O)C3CCNC3)CC2)cc1.Cl. The van der Waals surface area contributed by atoms with Crippen LogP contribution in [0.1, 0.15) is 29.6 Å². The zero-order chi connectivity index (χ0) is 16.2. The molecule has 5 nitrogen and oxygen atoms in total. The lowest BCUT2D eigenvalue weighted by molar-refractivity contribution is -0.136. The van der Waals surface area contributed by atoms with Crippen molar-refractivity contribution in [2.45, 2.75) is 19.3 Å². The highest BCUT2D eigenvalue weighted by Crippen LogP contribution is 2.24. The molecule has 2 heterocycles. The van der Waals surface area contributed by atoms with E-state index in [9.17, 15) is 9.59 Å². The number of piperidine rings is 1. The van der Waals surface area contributed by atoms with Crippen molar-refractivity contribution in [3.8, 4) is 5.75 Å². The molecule has 2 saturated heterocycles. The summed E-state index contributed by atoms with van der Waals surface area (Å²) < 4.78 is 5.12. The second kappa shape index (κ2) is 8.49. The molecule has 1 amide bonds. The van der Waals surface area contributed by atoms with Gasteiger partial charge in [-0.1, -0.05) is 0 Å². The monoisotopic (exact) mass is 352 g/mol. The lowest BCUT2D eigenvalue weighted by Crippen LogP contribution is -2.43. The highest BCUT2D eigenvalue weighted by Gasteiger charge is 2.32. The van der Waals surface area contributed by atoms with Crippen LogP contribution >= 0.6 is 12.4 Å². The molecule has 0 bridgehead atoms. The van der Waals surface area contributed by atoms with E-state index in [-0.39, 0.29) is 35.9 Å². The highest BCUT2D eigenvalue weighted by atomic mass is 35.5. The molecule has 1 aromatic rings. The molecule has 2 aliphatic rings. The number of ketones is 1. The predicted molar refractivity (Wildman–Crippen MR) is 94.9 cm³/mol. The van der Waals surface area contributed by atoms with E-state index in [1.54, 1.807) is 7.11 Å². The van der Waals surface area contributed by atoms with Gasteiger partial charge >= 0.3 is 0 Å². The summed E-state index contributed by atoms with van der Waals surface area (Å²) in [6, 6.07) is 7.28. The van der Waals surface area contributed by atoms with Crippen LogP contribution in [-0.4, -0.2) is 49.9 Å². The maximum atomic E-state index is 12.6. The topological polar surface area (TPSA) is 58.6 Å². The third-order valence-corrected chi connectivity index (χ3v) is 4.96. The molecule has 1 unspecified atom stereocenters. The second-order valence-electron chi connectivity index (χ2n) is 6.38. The minimum absolute atomic E-state index is 0. The smallest absolute Gasteiger partial charge is 0.227 e. The summed E-state index contributed by atoms with van der Waals surface area (Å²) in [7, 11) is 1.61. The van der Waals surface area contributed by atoms with Crippen LogP contribution in [0, 0.1) is 11.8 Å². The Labute approximate surface area is 149 Å². The van der Waals surface area contributed by atoms with Crippen LogP contribution in [0.4, 0.5) is 0 Å². The first-order chi connectivity index (χ1) is 11.2. The fraction of sp³-hybridized carbons (Fsp3) is 0.556. The number of halogens is 1. The molecule has 0 aromatic heterocycles. The van der Waals surface area contributed by atoms with E-state index in [1.807, 2.05) is 29.2 Å². The van der Waals surface area contributed by atoms with Gasteiger partial charge in [-0.05, 0) is 50.1 Å². The number of amides is 1. The molecular weight excluding hydrogens is 328 g/mol. The number of hydrogen-bond donors (Lipinski definition) is 1. The Morgan fingerprint density at radius 1 is 1.08 bits per heavy atom. The van der Waals surface area contributed by atoms with Crippen molar-refractivity contribution in [2.24, 2.45) is 11.8 Å². The Morgan fingerprint density at radius 2 is 1.75 bits per heavy atom. The zero-order valence-electron chi connectivity index (χ0n) is 14.0. The van der Waals surface area contributed by atoms with E-state index in [1.165, 1.54) is 0 Å². The van der Waals surface area contributed by atoms with Gasteiger partial charge in [0.05, 0.1) is 13.0 Å². The number of carbonyl (C=O) groups is 2. The van der Waals surface area contributed by atoms with Crippen molar-refractivity contribution in [3.63, 3.8) is 0 Å². The summed E-state index contributed by atoms with van der Waals surface area (Å²) in [5, 5.41) is 3.24. The second-order valence-corrected chi connectivity index (χ2v) is 6.38. The Kier molecular flexibility index (Phi) is 6.63. The lowest BCUT2D eigenvalue weighted by atomic mass is 9.88. The van der Waals surface area contributed by atoms with Gasteiger partial charge < -0.3 is 15.0 Å². The highest BCUT2D eigenvalue weighted by molar-refractivity contribution is 5.98. The number of rotatable bonds is 4. The van der Waals surface area contributed by atoms with Gasteiger partial charge in [-0.25, -0.2) is 0 Å². The predicted octanol–water partition coefficient (Wildman–Crippen LogP) is 2.15. The number of nitrogens with one attached hydrogen (secondary N) is 1. The van der Waals surface area contributed by atoms with E-state index in [2.05, 4.69) is 5.32 Å². The number of ether oxygens (including phenoxy) is 1. The molecule has 24 heavy (non-hydrogen) atoms. The third kappa shape index (κ3) is 4.08. The van der Waals surface area contributed by atoms with Crippen molar-refractivity contribution in [3.05, 3.63) is 29.8 Å². The quantitative estimate of drug-likeness (QED) is 0.843. The molecule has 132 valence electrons. The van der Waals surface area contributed by atoms with E-state index >= 15 is 0 Å². The summed E-state index contributed by atoms with van der Waals surface area (Å²) >= 11 is 0. The number of methoxy groups -OCH3 is 1. The Bertz CT molecular complexity index is 562. The van der Waals surface area contributed by atoms with Crippen molar-refractivity contribution < 1.29 is 14.3 Å². The Hall–Kier alpha value is -1.59. The van der Waals surface area contributed by atoms with Gasteiger partial charge in [0.15, 0.2) is 5.78 Å². The molecule has 2 fully saturated rings. The zero-order valence-corrected chi connectivity index (χ0v) is 14.8. The van der Waals surface area contributed by atoms with Gasteiger partial charge in [-0.2, -0.15) is 0 Å². The maximum absolute atomic E-state index is 12.6. The van der Waals surface area contributed by atoms with Crippen LogP contribution in [0.2, 0.25) is 0 Å². The summed E-state index contributed by atoms with van der Waals surface area (Å²) in [6.45, 7) is 3.12. The molecule has 6 heteroatoms. The first kappa shape index (κ1) is 18.7. The number of benzene rings is 1. The molecule has 0 radical (unpaired) electrons. The summed E-state index contributed by atoms with van der Waals surface area (Å²) in [5.74, 6) is 1.35. The molecular formula is C18H25ClN2O3. The fourth-order valence-electron chi connectivity index (χ4n) is 3.48. The van der Waals surface area contributed by atoms with Gasteiger partial charge in [0.1, 0.15) is 5.75 Å². The average molecular weight is 353 g/mol. The molecule has 2 aliphatic heterocycles. The molecule has 0 saturated carbocycles. The van der Waals surface area contributed by atoms with Gasteiger partial charge in [-0.15, -0.1) is 12.4 Å². The van der Waals surface area contributed by atoms with Crippen LogP contribution in [-0.2, 0) is 4.79 Å². The van der Waals surface area contributed by atoms with Crippen LogP contribution in [0.25, 0.3) is 0 Å². The van der Waals surface area contributed by atoms with E-state index in [0.717, 1.165) is 43.7 Å². The summed E-state index contributed by atoms with van der Waals surface area (Å²) in [6.07, 6.45) is 2.46. The van der Waals surface area contributed by atoms with Crippen molar-refractivity contribution in [1.29, 1.82) is 0 Å². The summed E-state index contributed by atoms with van der Waals surface area (Å²) in [4.78, 5) is 26.9. The van der Waals surface area contributed by atoms with Crippen molar-refractivity contribution >= 4 is 24.1 Å². The van der Waals surface area contributed by atoms with Crippen LogP contribution < -0.4 is 10.1 Å². The number of hydrogen-bond acceptors (Lipinski definition) is 4. The van der Waals surface area contributed by atoms with E-state index in [4.69, 9.17) is 4.74 Å². The number of likely N-dealkylation sites (tertiary alicyclic amines) is 1. The maximum Gasteiger partial charge on any atom is 0.227 e. The molecule has 0 aliphatic carbocycles. The molecule has 1 aromatic carbocycles. The number of carbonyl (C=O) groups excluding carboxylic acids is 2. The average Bonchev–Trinajstić information content (AvgIpc) is 3.15. The number of Topliss-reactive ketones (excluding diaryl/α,β-unsaturated/α-hetero) is 1. The lowest BCUT2D eigenvalue weighted by Gasteiger charge is -2.33. The standard InChI is InChI=1S/C18H24N2O3.ClH/c1-23-16-4-2-13(3-5-16)17(21)14-7-10-20(11-8-14)18(22)15-6-9-19-12-15;/h2-5,14-15,19H,6-12H2,1H3;1H. The van der Waals surface area contributed by atoms with Crippen molar-refractivity contribution in [2.75, 3.05) is 33.3 Å². The molecule has 0 spiro atoms. The third-order valence-electron chi connectivity index (χ3n) is 4.96. The number of nitrogens with zero attached hydrogens (tertiary/aromatic N) is 1. The Morgan fingerprint density at radius 3 is 2.29 bits per heavy atom. The normalized spacial score (nSPS) is 21.2. The fourth-order valence-corrected chi connectivity index (χ4v) is 3.48. The first-order valence-corrected chi connectivity index (χ1v) is 8.37. The molecule has 1 N–H and O–H groups in total. The van der Waals surface area contributed by atoms with Crippen LogP contribution in [0.5, 0.6) is 5.75 Å². The van der Waals surface area contributed by atoms with E-state index in [0.29, 0.717) is 13.1 Å². The Balaban J connectivity index is 0.00000208. The van der Waals surface area contributed by atoms with Crippen LogP contribution in [0.15, 0.2) is 24.3 Å². The van der Waals surface area contributed by atoms with Crippen LogP contribution in [0.3, 0.4) is 0 Å². The minimum atomic E-state index is 0. The van der Waals surface area contributed by atoms with Gasteiger partial charge in [0.2, 0.25) is 5.91 Å². The van der Waals surface area contributed by atoms with Crippen molar-refractivity contribution in [1.82, 2.24) is 10.2 Å². The summed E-state index contributed by atoms with van der Waals surface area (Å²) in [5.41, 5.74) is 0.732. The van der Waals surface area contributed by atoms with Gasteiger partial charge in [0, 0.05) is 31.1 Å². The van der Waals surface area contributed by atoms with Gasteiger partial charge in [0.25, 0.3) is 0 Å². The molecule has 3 rings (SSSR count). The first-order valence-electron chi connectivity index (χ1n) is 8.37.